The van der Waals surface area contributed by atoms with Crippen LogP contribution < -0.4 is 0 Å². The summed E-state index contributed by atoms with van der Waals surface area (Å²) in [5, 5.41) is 0. The second kappa shape index (κ2) is 5.83. The first-order chi connectivity index (χ1) is 7.79. The number of likely N-dealkylation sites (tertiary alicyclic amines) is 1. The fourth-order valence-corrected chi connectivity index (χ4v) is 2.04. The molecule has 1 rings (SSSR count). The zero-order valence-corrected chi connectivity index (χ0v) is 11.8. The van der Waals surface area contributed by atoms with E-state index in [1.807, 2.05) is 32.7 Å². The Kier molecular flexibility index (Phi) is 4.95. The molecule has 1 saturated heterocycles. The monoisotopic (exact) mass is 242 g/mol. The SMILES string of the molecule is CN1CCCC(N(C)C(=O)COC(C)(C)C)C1. The highest BCUT2D eigenvalue weighted by molar-refractivity contribution is 5.77. The molecule has 0 saturated carbocycles. The lowest BCUT2D eigenvalue weighted by Crippen LogP contribution is -2.48. The number of amides is 1. The largest absolute Gasteiger partial charge is 0.366 e. The minimum absolute atomic E-state index is 0.0835. The maximum atomic E-state index is 12.0. The molecule has 1 heterocycles. The molecule has 17 heavy (non-hydrogen) atoms. The second-order valence-electron chi connectivity index (χ2n) is 5.96. The summed E-state index contributed by atoms with van der Waals surface area (Å²) in [6.07, 6.45) is 2.26. The lowest BCUT2D eigenvalue weighted by Gasteiger charge is -2.36. The van der Waals surface area contributed by atoms with Crippen LogP contribution in [0, 0.1) is 0 Å². The van der Waals surface area contributed by atoms with Crippen molar-refractivity contribution in [2.45, 2.75) is 45.3 Å². The number of likely N-dealkylation sites (N-methyl/N-ethyl adjacent to an activating group) is 2. The van der Waals surface area contributed by atoms with Crippen molar-refractivity contribution in [1.82, 2.24) is 9.80 Å². The summed E-state index contributed by atoms with van der Waals surface area (Å²) in [5.74, 6) is 0.0835. The van der Waals surface area contributed by atoms with E-state index in [0.29, 0.717) is 6.04 Å². The molecule has 0 radical (unpaired) electrons. The van der Waals surface area contributed by atoms with E-state index in [4.69, 9.17) is 4.74 Å². The highest BCUT2D eigenvalue weighted by Gasteiger charge is 2.25. The van der Waals surface area contributed by atoms with Crippen LogP contribution in [-0.2, 0) is 9.53 Å². The first kappa shape index (κ1) is 14.5. The van der Waals surface area contributed by atoms with Crippen LogP contribution in [0.25, 0.3) is 0 Å². The molecule has 1 unspecified atom stereocenters. The number of hydrogen-bond donors (Lipinski definition) is 0. The highest BCUT2D eigenvalue weighted by Crippen LogP contribution is 2.14. The van der Waals surface area contributed by atoms with E-state index in [9.17, 15) is 4.79 Å². The van der Waals surface area contributed by atoms with Gasteiger partial charge in [-0.25, -0.2) is 0 Å². The van der Waals surface area contributed by atoms with Gasteiger partial charge in [0.1, 0.15) is 6.61 Å². The zero-order valence-electron chi connectivity index (χ0n) is 11.8. The van der Waals surface area contributed by atoms with Gasteiger partial charge in [0.25, 0.3) is 0 Å². The molecular weight excluding hydrogens is 216 g/mol. The van der Waals surface area contributed by atoms with Gasteiger partial charge in [-0.1, -0.05) is 0 Å². The predicted molar refractivity (Wildman–Crippen MR) is 69.0 cm³/mol. The molecule has 0 aliphatic carbocycles. The molecule has 1 fully saturated rings. The molecule has 0 aromatic rings. The van der Waals surface area contributed by atoms with Crippen molar-refractivity contribution in [2.75, 3.05) is 33.8 Å². The predicted octanol–water partition coefficient (Wildman–Crippen LogP) is 1.35. The summed E-state index contributed by atoms with van der Waals surface area (Å²) >= 11 is 0. The highest BCUT2D eigenvalue weighted by atomic mass is 16.5. The summed E-state index contributed by atoms with van der Waals surface area (Å²) in [4.78, 5) is 16.1. The fourth-order valence-electron chi connectivity index (χ4n) is 2.04. The normalized spacial score (nSPS) is 22.5. The quantitative estimate of drug-likeness (QED) is 0.749. The maximum Gasteiger partial charge on any atom is 0.248 e. The van der Waals surface area contributed by atoms with E-state index in [0.717, 1.165) is 19.5 Å². The van der Waals surface area contributed by atoms with Crippen LogP contribution >= 0.6 is 0 Å². The summed E-state index contributed by atoms with van der Waals surface area (Å²) in [7, 11) is 3.99. The molecule has 1 aliphatic heterocycles. The van der Waals surface area contributed by atoms with Crippen molar-refractivity contribution in [1.29, 1.82) is 0 Å². The molecule has 0 aromatic heterocycles. The molecular formula is C13H26N2O2. The third-order valence-electron chi connectivity index (χ3n) is 3.17. The van der Waals surface area contributed by atoms with Crippen molar-refractivity contribution in [3.8, 4) is 0 Å². The van der Waals surface area contributed by atoms with Gasteiger partial charge in [0, 0.05) is 19.6 Å². The van der Waals surface area contributed by atoms with Crippen LogP contribution in [0.1, 0.15) is 33.6 Å². The molecule has 0 bridgehead atoms. The van der Waals surface area contributed by atoms with E-state index in [-0.39, 0.29) is 18.1 Å². The van der Waals surface area contributed by atoms with Gasteiger partial charge in [-0.3, -0.25) is 4.79 Å². The minimum atomic E-state index is -0.250. The van der Waals surface area contributed by atoms with E-state index < -0.39 is 0 Å². The summed E-state index contributed by atoms with van der Waals surface area (Å²) in [6, 6.07) is 0.338. The Labute approximate surface area is 105 Å². The lowest BCUT2D eigenvalue weighted by molar-refractivity contribution is -0.142. The van der Waals surface area contributed by atoms with Crippen LogP contribution in [0.5, 0.6) is 0 Å². The van der Waals surface area contributed by atoms with Crippen LogP contribution in [0.15, 0.2) is 0 Å². The Morgan fingerprint density at radius 1 is 1.47 bits per heavy atom. The number of carbonyl (C=O) groups excluding carboxylic acids is 1. The van der Waals surface area contributed by atoms with Crippen molar-refractivity contribution in [3.63, 3.8) is 0 Å². The van der Waals surface area contributed by atoms with E-state index in [2.05, 4.69) is 11.9 Å². The number of piperidine rings is 1. The van der Waals surface area contributed by atoms with Crippen LogP contribution in [0.3, 0.4) is 0 Å². The third-order valence-corrected chi connectivity index (χ3v) is 3.17. The van der Waals surface area contributed by atoms with Gasteiger partial charge in [-0.05, 0) is 47.2 Å². The number of nitrogens with zero attached hydrogens (tertiary/aromatic N) is 2. The van der Waals surface area contributed by atoms with Gasteiger partial charge >= 0.3 is 0 Å². The molecule has 0 N–H and O–H groups in total. The number of hydrogen-bond acceptors (Lipinski definition) is 3. The van der Waals surface area contributed by atoms with E-state index in [1.165, 1.54) is 6.42 Å². The van der Waals surface area contributed by atoms with Crippen molar-refractivity contribution < 1.29 is 9.53 Å². The first-order valence-electron chi connectivity index (χ1n) is 6.38. The van der Waals surface area contributed by atoms with E-state index >= 15 is 0 Å². The van der Waals surface area contributed by atoms with Crippen LogP contribution in [0.2, 0.25) is 0 Å². The van der Waals surface area contributed by atoms with Gasteiger partial charge in [0.15, 0.2) is 0 Å². The minimum Gasteiger partial charge on any atom is -0.366 e. The zero-order chi connectivity index (χ0) is 13.1. The average Bonchev–Trinajstić information content (AvgIpc) is 2.24. The van der Waals surface area contributed by atoms with Crippen LogP contribution in [-0.4, -0.2) is 61.1 Å². The Hall–Kier alpha value is -0.610. The molecule has 100 valence electrons. The van der Waals surface area contributed by atoms with Gasteiger partial charge < -0.3 is 14.5 Å². The Morgan fingerprint density at radius 2 is 2.12 bits per heavy atom. The van der Waals surface area contributed by atoms with Gasteiger partial charge in [-0.2, -0.15) is 0 Å². The summed E-state index contributed by atoms with van der Waals surface area (Å²) in [6.45, 7) is 8.19. The first-order valence-corrected chi connectivity index (χ1v) is 6.38. The lowest BCUT2D eigenvalue weighted by atomic mass is 10.1. The smallest absolute Gasteiger partial charge is 0.248 e. The molecule has 1 aliphatic rings. The Balaban J connectivity index is 2.40. The van der Waals surface area contributed by atoms with E-state index in [1.54, 1.807) is 0 Å². The molecule has 4 heteroatoms. The van der Waals surface area contributed by atoms with Gasteiger partial charge in [-0.15, -0.1) is 0 Å². The summed E-state index contributed by atoms with van der Waals surface area (Å²) < 4.78 is 5.53. The molecule has 0 aromatic carbocycles. The Morgan fingerprint density at radius 3 is 2.65 bits per heavy atom. The van der Waals surface area contributed by atoms with Crippen molar-refractivity contribution in [3.05, 3.63) is 0 Å². The topological polar surface area (TPSA) is 32.8 Å². The number of rotatable bonds is 3. The second-order valence-corrected chi connectivity index (χ2v) is 5.96. The van der Waals surface area contributed by atoms with Gasteiger partial charge in [0.2, 0.25) is 5.91 Å². The molecule has 4 nitrogen and oxygen atoms in total. The molecule has 1 amide bonds. The fraction of sp³-hybridized carbons (Fsp3) is 0.923. The number of ether oxygens (including phenoxy) is 1. The molecule has 1 atom stereocenters. The summed E-state index contributed by atoms with van der Waals surface area (Å²) in [5.41, 5.74) is -0.250. The Bertz CT molecular complexity index is 261. The maximum absolute atomic E-state index is 12.0. The average molecular weight is 242 g/mol. The standard InChI is InChI=1S/C13H26N2O2/c1-13(2,3)17-10-12(16)15(5)11-7-6-8-14(4)9-11/h11H,6-10H2,1-5H3. The molecule has 0 spiro atoms. The van der Waals surface area contributed by atoms with Crippen molar-refractivity contribution >= 4 is 5.91 Å². The van der Waals surface area contributed by atoms with Gasteiger partial charge in [0.05, 0.1) is 5.60 Å². The van der Waals surface area contributed by atoms with Crippen LogP contribution in [0.4, 0.5) is 0 Å². The number of carbonyl (C=O) groups is 1. The van der Waals surface area contributed by atoms with Crippen molar-refractivity contribution in [2.24, 2.45) is 0 Å². The third kappa shape index (κ3) is 5.04.